The molecule has 3 rings (SSSR count). The summed E-state index contributed by atoms with van der Waals surface area (Å²) in [6, 6.07) is 5.81. The first-order valence-corrected chi connectivity index (χ1v) is 8.42. The molecule has 2 N–H and O–H groups in total. The van der Waals surface area contributed by atoms with Gasteiger partial charge >= 0.3 is 0 Å². The second-order valence-electron chi connectivity index (χ2n) is 5.61. The van der Waals surface area contributed by atoms with Crippen LogP contribution in [0.5, 0.6) is 5.75 Å². The van der Waals surface area contributed by atoms with Crippen LogP contribution in [0.4, 0.5) is 5.69 Å². The molecule has 1 aliphatic heterocycles. The topological polar surface area (TPSA) is 66.8 Å². The maximum absolute atomic E-state index is 9.02. The van der Waals surface area contributed by atoms with E-state index in [1.54, 1.807) is 7.11 Å². The number of aromatic nitrogens is 1. The second-order valence-corrected chi connectivity index (χ2v) is 5.97. The van der Waals surface area contributed by atoms with Gasteiger partial charge in [-0.15, -0.1) is 0 Å². The SMILES string of the molecule is COc1ccc2nc(Cl)c(CNCCO)c(N3CCOCC3)c2c1. The molecule has 1 aromatic heterocycles. The molecule has 6 nitrogen and oxygen atoms in total. The molecule has 0 saturated carbocycles. The Morgan fingerprint density at radius 2 is 2.17 bits per heavy atom. The number of fused-ring (bicyclic) bond motifs is 1. The number of hydrogen-bond acceptors (Lipinski definition) is 6. The molecule has 0 radical (unpaired) electrons. The number of ether oxygens (including phenoxy) is 2. The molecule has 2 heterocycles. The van der Waals surface area contributed by atoms with Crippen LogP contribution in [0.15, 0.2) is 18.2 Å². The van der Waals surface area contributed by atoms with E-state index in [-0.39, 0.29) is 6.61 Å². The minimum absolute atomic E-state index is 0.0827. The summed E-state index contributed by atoms with van der Waals surface area (Å²) in [7, 11) is 1.66. The van der Waals surface area contributed by atoms with Gasteiger partial charge in [0, 0.05) is 37.1 Å². The number of pyridine rings is 1. The first-order chi connectivity index (χ1) is 11.7. The number of aliphatic hydroxyl groups is 1. The Labute approximate surface area is 146 Å². The lowest BCUT2D eigenvalue weighted by Crippen LogP contribution is -2.37. The molecule has 7 heteroatoms. The fraction of sp³-hybridized carbons (Fsp3) is 0.471. The van der Waals surface area contributed by atoms with Gasteiger partial charge in [-0.05, 0) is 18.2 Å². The summed E-state index contributed by atoms with van der Waals surface area (Å²) in [4.78, 5) is 6.82. The van der Waals surface area contributed by atoms with Gasteiger partial charge in [-0.2, -0.15) is 0 Å². The lowest BCUT2D eigenvalue weighted by Gasteiger charge is -2.32. The molecule has 24 heavy (non-hydrogen) atoms. The van der Waals surface area contributed by atoms with Crippen molar-refractivity contribution in [1.29, 1.82) is 0 Å². The van der Waals surface area contributed by atoms with E-state index in [0.717, 1.165) is 41.0 Å². The molecule has 1 aromatic carbocycles. The van der Waals surface area contributed by atoms with E-state index in [1.165, 1.54) is 0 Å². The zero-order valence-electron chi connectivity index (χ0n) is 13.7. The zero-order chi connectivity index (χ0) is 16.9. The summed E-state index contributed by atoms with van der Waals surface area (Å²) in [6.45, 7) is 4.13. The van der Waals surface area contributed by atoms with Crippen molar-refractivity contribution in [3.05, 3.63) is 28.9 Å². The van der Waals surface area contributed by atoms with Crippen molar-refractivity contribution >= 4 is 28.2 Å². The number of benzene rings is 1. The Kier molecular flexibility index (Phi) is 5.73. The molecule has 0 atom stereocenters. The minimum atomic E-state index is 0.0827. The van der Waals surface area contributed by atoms with E-state index >= 15 is 0 Å². The fourth-order valence-electron chi connectivity index (χ4n) is 2.96. The number of nitrogens with zero attached hydrogens (tertiary/aromatic N) is 2. The standard InChI is InChI=1S/C17H22ClN3O3/c1-23-12-2-3-15-13(10-12)16(21-5-8-24-9-6-21)14(17(18)20-15)11-19-4-7-22/h2-3,10,19,22H,4-9,11H2,1H3. The molecule has 1 fully saturated rings. The highest BCUT2D eigenvalue weighted by Gasteiger charge is 2.21. The summed E-state index contributed by atoms with van der Waals surface area (Å²) >= 11 is 6.48. The van der Waals surface area contributed by atoms with Crippen LogP contribution in [-0.4, -0.2) is 56.7 Å². The molecule has 130 valence electrons. The third kappa shape index (κ3) is 3.57. The van der Waals surface area contributed by atoms with E-state index in [1.807, 2.05) is 18.2 Å². The summed E-state index contributed by atoms with van der Waals surface area (Å²) in [6.07, 6.45) is 0. The summed E-state index contributed by atoms with van der Waals surface area (Å²) in [5.41, 5.74) is 2.85. The Balaban J connectivity index is 2.12. The summed E-state index contributed by atoms with van der Waals surface area (Å²) < 4.78 is 10.9. The summed E-state index contributed by atoms with van der Waals surface area (Å²) in [5, 5.41) is 13.7. The number of nitrogens with one attached hydrogen (secondary N) is 1. The smallest absolute Gasteiger partial charge is 0.136 e. The van der Waals surface area contributed by atoms with Gasteiger partial charge in [-0.25, -0.2) is 4.98 Å². The van der Waals surface area contributed by atoms with Crippen LogP contribution >= 0.6 is 11.6 Å². The van der Waals surface area contributed by atoms with Gasteiger partial charge in [0.2, 0.25) is 0 Å². The number of methoxy groups -OCH3 is 1. The predicted molar refractivity (Wildman–Crippen MR) is 95.1 cm³/mol. The third-order valence-corrected chi connectivity index (χ3v) is 4.44. The molecule has 0 unspecified atom stereocenters. The zero-order valence-corrected chi connectivity index (χ0v) is 14.5. The van der Waals surface area contributed by atoms with Crippen molar-refractivity contribution < 1.29 is 14.6 Å². The van der Waals surface area contributed by atoms with Gasteiger partial charge in [-0.3, -0.25) is 0 Å². The highest BCUT2D eigenvalue weighted by Crippen LogP contribution is 2.36. The molecule has 2 aromatic rings. The van der Waals surface area contributed by atoms with Gasteiger partial charge in [0.25, 0.3) is 0 Å². The average molecular weight is 352 g/mol. The normalized spacial score (nSPS) is 15.0. The van der Waals surface area contributed by atoms with Gasteiger partial charge in [0.1, 0.15) is 10.9 Å². The lowest BCUT2D eigenvalue weighted by molar-refractivity contribution is 0.122. The van der Waals surface area contributed by atoms with Crippen molar-refractivity contribution in [2.75, 3.05) is 51.5 Å². The van der Waals surface area contributed by atoms with Crippen molar-refractivity contribution in [3.8, 4) is 5.75 Å². The maximum atomic E-state index is 9.02. The Morgan fingerprint density at radius 3 is 2.88 bits per heavy atom. The highest BCUT2D eigenvalue weighted by atomic mass is 35.5. The van der Waals surface area contributed by atoms with E-state index < -0.39 is 0 Å². The number of morpholine rings is 1. The molecular formula is C17H22ClN3O3. The predicted octanol–water partition coefficient (Wildman–Crippen LogP) is 1.82. The first kappa shape index (κ1) is 17.2. The molecule has 0 amide bonds. The molecule has 0 spiro atoms. The summed E-state index contributed by atoms with van der Waals surface area (Å²) in [5.74, 6) is 0.787. The Hall–Kier alpha value is -1.60. The first-order valence-electron chi connectivity index (χ1n) is 8.05. The number of rotatable bonds is 6. The molecule has 0 aliphatic carbocycles. The number of aliphatic hydroxyl groups excluding tert-OH is 1. The third-order valence-electron chi connectivity index (χ3n) is 4.13. The molecule has 0 bridgehead atoms. The van der Waals surface area contributed by atoms with Gasteiger partial charge in [-0.1, -0.05) is 11.6 Å². The second kappa shape index (κ2) is 7.98. The van der Waals surface area contributed by atoms with Gasteiger partial charge in [0.15, 0.2) is 0 Å². The Bertz CT molecular complexity index is 705. The highest BCUT2D eigenvalue weighted by molar-refractivity contribution is 6.31. The number of anilines is 1. The lowest BCUT2D eigenvalue weighted by atomic mass is 10.1. The molecule has 1 saturated heterocycles. The Morgan fingerprint density at radius 1 is 1.38 bits per heavy atom. The largest absolute Gasteiger partial charge is 0.497 e. The van der Waals surface area contributed by atoms with E-state index in [9.17, 15) is 0 Å². The van der Waals surface area contributed by atoms with Crippen molar-refractivity contribution in [3.63, 3.8) is 0 Å². The van der Waals surface area contributed by atoms with Crippen LogP contribution in [0.1, 0.15) is 5.56 Å². The maximum Gasteiger partial charge on any atom is 0.136 e. The van der Waals surface area contributed by atoms with E-state index in [4.69, 9.17) is 26.2 Å². The van der Waals surface area contributed by atoms with Crippen LogP contribution in [0, 0.1) is 0 Å². The van der Waals surface area contributed by atoms with Gasteiger partial charge < -0.3 is 24.8 Å². The molecular weight excluding hydrogens is 330 g/mol. The van der Waals surface area contributed by atoms with E-state index in [2.05, 4.69) is 15.2 Å². The van der Waals surface area contributed by atoms with Crippen LogP contribution in [0.2, 0.25) is 5.15 Å². The van der Waals surface area contributed by atoms with Gasteiger partial charge in [0.05, 0.1) is 38.1 Å². The van der Waals surface area contributed by atoms with Crippen LogP contribution in [0.25, 0.3) is 10.9 Å². The average Bonchev–Trinajstić information content (AvgIpc) is 2.62. The molecule has 1 aliphatic rings. The van der Waals surface area contributed by atoms with Crippen LogP contribution in [0.3, 0.4) is 0 Å². The monoisotopic (exact) mass is 351 g/mol. The van der Waals surface area contributed by atoms with E-state index in [0.29, 0.717) is 31.5 Å². The fourth-order valence-corrected chi connectivity index (χ4v) is 3.21. The quantitative estimate of drug-likeness (QED) is 0.611. The van der Waals surface area contributed by atoms with Crippen molar-refractivity contribution in [1.82, 2.24) is 10.3 Å². The number of hydrogen-bond donors (Lipinski definition) is 2. The van der Waals surface area contributed by atoms with Crippen LogP contribution in [-0.2, 0) is 11.3 Å². The van der Waals surface area contributed by atoms with Crippen molar-refractivity contribution in [2.24, 2.45) is 0 Å². The van der Waals surface area contributed by atoms with Crippen LogP contribution < -0.4 is 15.0 Å². The number of halogens is 1. The van der Waals surface area contributed by atoms with Crippen molar-refractivity contribution in [2.45, 2.75) is 6.54 Å². The minimum Gasteiger partial charge on any atom is -0.497 e.